The smallest absolute Gasteiger partial charge is 0.275 e. The Morgan fingerprint density at radius 1 is 1.17 bits per heavy atom. The van der Waals surface area contributed by atoms with Crippen LogP contribution in [0.3, 0.4) is 0 Å². The van der Waals surface area contributed by atoms with Gasteiger partial charge in [-0.2, -0.15) is 0 Å². The number of benzene rings is 1. The number of para-hydroxylation sites is 1. The minimum Gasteiger partial charge on any atom is -0.360 e. The van der Waals surface area contributed by atoms with Crippen LogP contribution in [0.25, 0.3) is 0 Å². The van der Waals surface area contributed by atoms with E-state index < -0.39 is 5.91 Å². The molecule has 0 bridgehead atoms. The number of amides is 1. The van der Waals surface area contributed by atoms with Gasteiger partial charge in [0.1, 0.15) is 11.5 Å². The highest BCUT2D eigenvalue weighted by Crippen LogP contribution is 2.23. The number of nitrogens with zero attached hydrogens (tertiary/aromatic N) is 3. The van der Waals surface area contributed by atoms with Gasteiger partial charge in [0.2, 0.25) is 5.95 Å². The summed E-state index contributed by atoms with van der Waals surface area (Å²) in [6, 6.07) is 10.4. The van der Waals surface area contributed by atoms with Gasteiger partial charge < -0.3 is 15.2 Å². The van der Waals surface area contributed by atoms with Gasteiger partial charge in [0.25, 0.3) is 5.91 Å². The molecule has 122 valence electrons. The summed E-state index contributed by atoms with van der Waals surface area (Å²) in [6.45, 7) is 3.51. The molecule has 0 unspecified atom stereocenters. The predicted molar refractivity (Wildman–Crippen MR) is 90.7 cm³/mol. The minimum absolute atomic E-state index is 0.206. The molecule has 8 heteroatoms. The Bertz CT molecular complexity index is 894. The van der Waals surface area contributed by atoms with E-state index in [-0.39, 0.29) is 11.6 Å². The number of aryl methyl sites for hydroxylation is 2. The van der Waals surface area contributed by atoms with Crippen molar-refractivity contribution in [1.82, 2.24) is 15.1 Å². The lowest BCUT2D eigenvalue weighted by Crippen LogP contribution is -2.15. The Kier molecular flexibility index (Phi) is 4.43. The second-order valence-corrected chi connectivity index (χ2v) is 5.51. The summed E-state index contributed by atoms with van der Waals surface area (Å²) in [7, 11) is 0. The van der Waals surface area contributed by atoms with Gasteiger partial charge in [0.15, 0.2) is 5.82 Å². The second-order valence-electron chi connectivity index (χ2n) is 5.10. The maximum Gasteiger partial charge on any atom is 0.275 e. The van der Waals surface area contributed by atoms with Crippen molar-refractivity contribution in [2.45, 2.75) is 13.8 Å². The fraction of sp³-hybridized carbons (Fsp3) is 0.125. The largest absolute Gasteiger partial charge is 0.360 e. The number of hydrogen-bond acceptors (Lipinski definition) is 6. The van der Waals surface area contributed by atoms with E-state index in [1.54, 1.807) is 38.1 Å². The molecule has 3 rings (SSSR count). The summed E-state index contributed by atoms with van der Waals surface area (Å²) < 4.78 is 4.92. The van der Waals surface area contributed by atoms with E-state index in [0.29, 0.717) is 28.0 Å². The van der Waals surface area contributed by atoms with Gasteiger partial charge in [0, 0.05) is 11.8 Å². The number of aromatic nitrogens is 3. The van der Waals surface area contributed by atoms with Crippen LogP contribution in [0, 0.1) is 13.8 Å². The van der Waals surface area contributed by atoms with Crippen LogP contribution in [-0.4, -0.2) is 21.0 Å². The highest BCUT2D eigenvalue weighted by Gasteiger charge is 2.13. The van der Waals surface area contributed by atoms with E-state index in [1.807, 2.05) is 12.1 Å². The number of rotatable bonds is 4. The molecule has 0 saturated heterocycles. The van der Waals surface area contributed by atoms with Gasteiger partial charge in [-0.1, -0.05) is 28.9 Å². The molecule has 7 nitrogen and oxygen atoms in total. The summed E-state index contributed by atoms with van der Waals surface area (Å²) in [6.07, 6.45) is 0. The number of carbonyl (C=O) groups excluding carboxylic acids is 1. The Hall–Kier alpha value is -2.93. The molecule has 0 spiro atoms. The minimum atomic E-state index is -0.406. The number of carbonyl (C=O) groups is 1. The molecule has 24 heavy (non-hydrogen) atoms. The Morgan fingerprint density at radius 3 is 2.67 bits per heavy atom. The number of anilines is 3. The first-order valence-electron chi connectivity index (χ1n) is 7.13. The molecular weight excluding hydrogens is 330 g/mol. The van der Waals surface area contributed by atoms with E-state index in [9.17, 15) is 4.79 Å². The highest BCUT2D eigenvalue weighted by molar-refractivity contribution is 6.33. The lowest BCUT2D eigenvalue weighted by Gasteiger charge is -2.09. The summed E-state index contributed by atoms with van der Waals surface area (Å²) in [5, 5.41) is 9.88. The van der Waals surface area contributed by atoms with Crippen molar-refractivity contribution in [3.05, 3.63) is 58.6 Å². The summed E-state index contributed by atoms with van der Waals surface area (Å²) in [5.74, 6) is 0.806. The van der Waals surface area contributed by atoms with Gasteiger partial charge in [-0.25, -0.2) is 9.97 Å². The van der Waals surface area contributed by atoms with Crippen LogP contribution >= 0.6 is 11.6 Å². The first-order chi connectivity index (χ1) is 11.5. The summed E-state index contributed by atoms with van der Waals surface area (Å²) in [4.78, 5) is 20.8. The zero-order valence-corrected chi connectivity index (χ0v) is 13.8. The van der Waals surface area contributed by atoms with E-state index in [0.717, 1.165) is 0 Å². The Balaban J connectivity index is 1.83. The lowest BCUT2D eigenvalue weighted by atomic mass is 10.3. The van der Waals surface area contributed by atoms with Crippen molar-refractivity contribution in [1.29, 1.82) is 0 Å². The van der Waals surface area contributed by atoms with Crippen molar-refractivity contribution in [3.8, 4) is 0 Å². The zero-order chi connectivity index (χ0) is 17.1. The topological polar surface area (TPSA) is 92.9 Å². The average Bonchev–Trinajstić information content (AvgIpc) is 2.94. The quantitative estimate of drug-likeness (QED) is 0.749. The molecule has 0 saturated carbocycles. The van der Waals surface area contributed by atoms with Crippen LogP contribution in [0.4, 0.5) is 17.5 Å². The molecule has 0 aliphatic carbocycles. The van der Waals surface area contributed by atoms with Crippen LogP contribution in [-0.2, 0) is 0 Å². The van der Waals surface area contributed by atoms with Crippen LogP contribution in [0.2, 0.25) is 5.02 Å². The van der Waals surface area contributed by atoms with Gasteiger partial charge >= 0.3 is 0 Å². The maximum absolute atomic E-state index is 12.3. The predicted octanol–water partition coefficient (Wildman–Crippen LogP) is 3.73. The molecule has 0 aliphatic rings. The molecular formula is C16H14ClN5O2. The number of nitrogens with one attached hydrogen (secondary N) is 2. The van der Waals surface area contributed by atoms with Gasteiger partial charge in [-0.3, -0.25) is 4.79 Å². The Labute approximate surface area is 143 Å². The van der Waals surface area contributed by atoms with Crippen LogP contribution in [0.1, 0.15) is 21.9 Å². The van der Waals surface area contributed by atoms with Crippen LogP contribution < -0.4 is 10.6 Å². The Morgan fingerprint density at radius 2 is 1.96 bits per heavy atom. The fourth-order valence-corrected chi connectivity index (χ4v) is 2.21. The summed E-state index contributed by atoms with van der Waals surface area (Å²) >= 11 is 6.11. The molecule has 3 aromatic rings. The third kappa shape index (κ3) is 3.69. The van der Waals surface area contributed by atoms with Crippen molar-refractivity contribution in [3.63, 3.8) is 0 Å². The van der Waals surface area contributed by atoms with Crippen molar-refractivity contribution >= 4 is 35.0 Å². The zero-order valence-electron chi connectivity index (χ0n) is 13.0. The lowest BCUT2D eigenvalue weighted by molar-refractivity contribution is 0.102. The monoisotopic (exact) mass is 343 g/mol. The van der Waals surface area contributed by atoms with E-state index in [2.05, 4.69) is 25.8 Å². The SMILES string of the molecule is Cc1cc(C(=O)Nc2cc(C)on2)nc(Nc2ccccc2Cl)n1. The first-order valence-corrected chi connectivity index (χ1v) is 7.51. The van der Waals surface area contributed by atoms with Gasteiger partial charge in [0.05, 0.1) is 10.7 Å². The number of halogens is 1. The molecule has 0 aliphatic heterocycles. The van der Waals surface area contributed by atoms with Crippen molar-refractivity contribution < 1.29 is 9.32 Å². The molecule has 2 heterocycles. The first kappa shape index (κ1) is 15.9. The molecule has 0 radical (unpaired) electrons. The van der Waals surface area contributed by atoms with Crippen molar-refractivity contribution in [2.75, 3.05) is 10.6 Å². The van der Waals surface area contributed by atoms with Gasteiger partial charge in [-0.05, 0) is 32.0 Å². The molecule has 0 atom stereocenters. The third-order valence-electron chi connectivity index (χ3n) is 3.08. The molecule has 1 aromatic carbocycles. The maximum atomic E-state index is 12.3. The highest BCUT2D eigenvalue weighted by atomic mass is 35.5. The van der Waals surface area contributed by atoms with Gasteiger partial charge in [-0.15, -0.1) is 0 Å². The number of hydrogen-bond donors (Lipinski definition) is 2. The van der Waals surface area contributed by atoms with Crippen molar-refractivity contribution in [2.24, 2.45) is 0 Å². The van der Waals surface area contributed by atoms with E-state index in [4.69, 9.17) is 16.1 Å². The van der Waals surface area contributed by atoms with Crippen LogP contribution in [0.15, 0.2) is 40.9 Å². The molecule has 2 N–H and O–H groups in total. The molecule has 0 fully saturated rings. The fourth-order valence-electron chi connectivity index (χ4n) is 2.03. The third-order valence-corrected chi connectivity index (χ3v) is 3.41. The standard InChI is InChI=1S/C16H14ClN5O2/c1-9-7-13(15(23)21-14-8-10(2)24-22-14)20-16(18-9)19-12-6-4-3-5-11(12)17/h3-8H,1-2H3,(H,18,19,20)(H,21,22,23). The molecule has 1 amide bonds. The second kappa shape index (κ2) is 6.67. The summed E-state index contributed by atoms with van der Waals surface area (Å²) in [5.41, 5.74) is 1.50. The average molecular weight is 344 g/mol. The van der Waals surface area contributed by atoms with E-state index >= 15 is 0 Å². The normalized spacial score (nSPS) is 10.5. The van der Waals surface area contributed by atoms with Crippen LogP contribution in [0.5, 0.6) is 0 Å². The molecule has 2 aromatic heterocycles. The van der Waals surface area contributed by atoms with E-state index in [1.165, 1.54) is 0 Å².